The van der Waals surface area contributed by atoms with Crippen LogP contribution >= 0.6 is 0 Å². The van der Waals surface area contributed by atoms with E-state index in [1.807, 2.05) is 27.7 Å². The summed E-state index contributed by atoms with van der Waals surface area (Å²) in [6.45, 7) is 11.1. The summed E-state index contributed by atoms with van der Waals surface area (Å²) in [4.78, 5) is 12.6. The van der Waals surface area contributed by atoms with Crippen LogP contribution in [0.25, 0.3) is 0 Å². The van der Waals surface area contributed by atoms with Crippen molar-refractivity contribution in [3.63, 3.8) is 0 Å². The third kappa shape index (κ3) is 2.78. The van der Waals surface area contributed by atoms with Gasteiger partial charge in [0.2, 0.25) is 0 Å². The summed E-state index contributed by atoms with van der Waals surface area (Å²) >= 11 is 0. The Labute approximate surface area is 123 Å². The average Bonchev–Trinajstić information content (AvgIpc) is 2.33. The van der Waals surface area contributed by atoms with Crippen molar-refractivity contribution >= 4 is 5.78 Å². The van der Waals surface area contributed by atoms with Gasteiger partial charge >= 0.3 is 0 Å². The number of piperidine rings is 2. The molecule has 1 atom stereocenters. The maximum atomic E-state index is 12.6. The van der Waals surface area contributed by atoms with E-state index in [1.165, 1.54) is 24.3 Å². The summed E-state index contributed by atoms with van der Waals surface area (Å²) in [6.07, 6.45) is 4.27. The van der Waals surface area contributed by atoms with Crippen molar-refractivity contribution < 1.29 is 14.5 Å². The number of likely N-dealkylation sites (tertiary alicyclic amines) is 1. The summed E-state index contributed by atoms with van der Waals surface area (Å²) in [5.41, 5.74) is -0.949. The van der Waals surface area contributed by atoms with Crippen LogP contribution in [-0.4, -0.2) is 58.3 Å². The van der Waals surface area contributed by atoms with E-state index in [2.05, 4.69) is 7.05 Å². The minimum atomic E-state index is -0.489. The molecule has 0 aromatic carbocycles. The summed E-state index contributed by atoms with van der Waals surface area (Å²) < 4.78 is 0.980. The molecule has 0 saturated carbocycles. The first kappa shape index (κ1) is 15.9. The fraction of sp³-hybridized carbons (Fsp3) is 0.938. The van der Waals surface area contributed by atoms with Crippen molar-refractivity contribution in [1.82, 2.24) is 5.06 Å². The van der Waals surface area contributed by atoms with Crippen molar-refractivity contribution in [2.45, 2.75) is 64.5 Å². The highest BCUT2D eigenvalue weighted by Gasteiger charge is 2.53. The van der Waals surface area contributed by atoms with Crippen molar-refractivity contribution in [1.29, 1.82) is 0 Å². The Hall–Kier alpha value is -0.450. The second-order valence-corrected chi connectivity index (χ2v) is 8.28. The fourth-order valence-corrected chi connectivity index (χ4v) is 4.17. The van der Waals surface area contributed by atoms with Gasteiger partial charge in [0.25, 0.3) is 0 Å². The predicted octanol–water partition coefficient (Wildman–Crippen LogP) is 2.45. The van der Waals surface area contributed by atoms with E-state index in [0.29, 0.717) is 12.2 Å². The molecule has 0 aliphatic carbocycles. The van der Waals surface area contributed by atoms with E-state index in [9.17, 15) is 10.0 Å². The highest BCUT2D eigenvalue weighted by Crippen LogP contribution is 2.40. The van der Waals surface area contributed by atoms with Gasteiger partial charge in [0, 0.05) is 12.0 Å². The molecule has 0 amide bonds. The summed E-state index contributed by atoms with van der Waals surface area (Å²) in [5, 5.41) is 12.0. The highest BCUT2D eigenvalue weighted by atomic mass is 16.5. The Morgan fingerprint density at radius 2 is 1.75 bits per heavy atom. The summed E-state index contributed by atoms with van der Waals surface area (Å²) in [5.74, 6) is 0.235. The third-order valence-electron chi connectivity index (χ3n) is 5.49. The molecule has 2 fully saturated rings. The molecular weight excluding hydrogens is 252 g/mol. The van der Waals surface area contributed by atoms with Gasteiger partial charge in [0.15, 0.2) is 0 Å². The number of nitrogens with zero attached hydrogens (tertiary/aromatic N) is 2. The lowest BCUT2D eigenvalue weighted by Crippen LogP contribution is -2.67. The van der Waals surface area contributed by atoms with Crippen LogP contribution in [0.15, 0.2) is 0 Å². The van der Waals surface area contributed by atoms with Crippen LogP contribution in [-0.2, 0) is 4.79 Å². The normalized spacial score (nSPS) is 33.1. The van der Waals surface area contributed by atoms with Crippen molar-refractivity contribution in [3.8, 4) is 0 Å². The third-order valence-corrected chi connectivity index (χ3v) is 5.49. The van der Waals surface area contributed by atoms with Crippen LogP contribution in [0, 0.1) is 5.92 Å². The number of carbonyl (C=O) groups is 1. The Morgan fingerprint density at radius 3 is 2.30 bits per heavy atom. The monoisotopic (exact) mass is 283 g/mol. The minimum Gasteiger partial charge on any atom is -0.325 e. The zero-order valence-electron chi connectivity index (χ0n) is 13.8. The standard InChI is InChI=1S/C16H31N2O2/c1-15(2)11-14(19)13(16(3,4)17(15)20)12-18(5)9-7-6-8-10-18/h13,20H,6-12H2,1-5H3/q+1. The lowest BCUT2D eigenvalue weighted by molar-refractivity contribution is -0.916. The number of hydrogen-bond acceptors (Lipinski definition) is 3. The lowest BCUT2D eigenvalue weighted by atomic mass is 9.72. The first-order valence-electron chi connectivity index (χ1n) is 7.94. The van der Waals surface area contributed by atoms with Crippen LogP contribution in [0.5, 0.6) is 0 Å². The Bertz CT molecular complexity index is 384. The number of Topliss-reactive ketones (excluding diaryl/α,β-unsaturated/α-hetero) is 1. The molecule has 2 aliphatic heterocycles. The number of quaternary nitrogens is 1. The molecule has 2 saturated heterocycles. The summed E-state index contributed by atoms with van der Waals surface area (Å²) in [7, 11) is 2.27. The van der Waals surface area contributed by atoms with E-state index in [4.69, 9.17) is 0 Å². The SMILES string of the molecule is CC1(C)CC(=O)C(C[N+]2(C)CCCCC2)C(C)(C)N1O. The molecule has 2 aliphatic rings. The fourth-order valence-electron chi connectivity index (χ4n) is 4.17. The van der Waals surface area contributed by atoms with E-state index >= 15 is 0 Å². The van der Waals surface area contributed by atoms with Gasteiger partial charge < -0.3 is 9.69 Å². The van der Waals surface area contributed by atoms with E-state index in [-0.39, 0.29) is 5.92 Å². The maximum Gasteiger partial charge on any atom is 0.145 e. The van der Waals surface area contributed by atoms with E-state index < -0.39 is 11.1 Å². The first-order valence-corrected chi connectivity index (χ1v) is 7.94. The Kier molecular flexibility index (Phi) is 4.04. The smallest absolute Gasteiger partial charge is 0.145 e. The number of carbonyl (C=O) groups excluding carboxylic acids is 1. The van der Waals surface area contributed by atoms with Gasteiger partial charge in [-0.05, 0) is 47.0 Å². The molecule has 4 nitrogen and oxygen atoms in total. The Balaban J connectivity index is 2.20. The highest BCUT2D eigenvalue weighted by molar-refractivity contribution is 5.84. The van der Waals surface area contributed by atoms with E-state index in [1.54, 1.807) is 0 Å². The topological polar surface area (TPSA) is 40.5 Å². The molecule has 0 aromatic rings. The first-order chi connectivity index (χ1) is 9.08. The molecule has 0 bridgehead atoms. The van der Waals surface area contributed by atoms with Gasteiger partial charge in [-0.1, -0.05) is 0 Å². The second-order valence-electron chi connectivity index (χ2n) is 8.28. The van der Waals surface area contributed by atoms with Gasteiger partial charge in [0.05, 0.1) is 38.1 Å². The molecule has 1 N–H and O–H groups in total. The average molecular weight is 283 g/mol. The molecule has 116 valence electrons. The van der Waals surface area contributed by atoms with Gasteiger partial charge in [-0.25, -0.2) is 0 Å². The predicted molar refractivity (Wildman–Crippen MR) is 79.5 cm³/mol. The van der Waals surface area contributed by atoms with E-state index in [0.717, 1.165) is 24.1 Å². The van der Waals surface area contributed by atoms with Crippen LogP contribution in [0.3, 0.4) is 0 Å². The van der Waals surface area contributed by atoms with Gasteiger partial charge in [0.1, 0.15) is 5.78 Å². The molecule has 0 radical (unpaired) electrons. The largest absolute Gasteiger partial charge is 0.325 e. The summed E-state index contributed by atoms with van der Waals surface area (Å²) in [6, 6.07) is 0. The number of rotatable bonds is 2. The molecule has 0 aromatic heterocycles. The Morgan fingerprint density at radius 1 is 1.20 bits per heavy atom. The molecule has 1 unspecified atom stereocenters. The molecule has 2 heterocycles. The molecule has 2 rings (SSSR count). The van der Waals surface area contributed by atoms with Gasteiger partial charge in [-0.15, -0.1) is 0 Å². The van der Waals surface area contributed by atoms with Crippen molar-refractivity contribution in [2.24, 2.45) is 5.92 Å². The lowest BCUT2D eigenvalue weighted by Gasteiger charge is -2.53. The van der Waals surface area contributed by atoms with Crippen molar-refractivity contribution in [2.75, 3.05) is 26.7 Å². The second kappa shape index (κ2) is 5.08. The van der Waals surface area contributed by atoms with Gasteiger partial charge in [-0.3, -0.25) is 4.79 Å². The molecule has 0 spiro atoms. The molecular formula is C16H31N2O2+. The van der Waals surface area contributed by atoms with Crippen molar-refractivity contribution in [3.05, 3.63) is 0 Å². The van der Waals surface area contributed by atoms with Crippen LogP contribution in [0.2, 0.25) is 0 Å². The van der Waals surface area contributed by atoms with Crippen LogP contribution in [0.1, 0.15) is 53.4 Å². The van der Waals surface area contributed by atoms with Crippen LogP contribution in [0.4, 0.5) is 0 Å². The number of hydroxylamine groups is 2. The van der Waals surface area contributed by atoms with Gasteiger partial charge in [-0.2, -0.15) is 5.06 Å². The van der Waals surface area contributed by atoms with Crippen LogP contribution < -0.4 is 0 Å². The maximum absolute atomic E-state index is 12.6. The minimum absolute atomic E-state index is 0.0800. The molecule has 4 heteroatoms. The quantitative estimate of drug-likeness (QED) is 0.791. The number of hydrogen-bond donors (Lipinski definition) is 1. The zero-order chi connectivity index (χ0) is 15.2. The zero-order valence-corrected chi connectivity index (χ0v) is 13.8. The molecule has 20 heavy (non-hydrogen) atoms. The number of ketones is 1.